The Balaban J connectivity index is 2.11. The summed E-state index contributed by atoms with van der Waals surface area (Å²) >= 11 is 0. The minimum Gasteiger partial charge on any atom is -0.463 e. The Bertz CT molecular complexity index is 190. The number of carbonyl (C=O) groups excluding carboxylic acids is 1. The maximum Gasteiger partial charge on any atom is 0.310 e. The maximum absolute atomic E-state index is 11.5. The van der Waals surface area contributed by atoms with Crippen LogP contribution in [0.2, 0.25) is 0 Å². The third-order valence-corrected chi connectivity index (χ3v) is 2.54. The highest BCUT2D eigenvalue weighted by molar-refractivity contribution is 5.72. The number of ether oxygens (including phenoxy) is 2. The molecule has 1 saturated heterocycles. The Hall–Kier alpha value is -0.610. The largest absolute Gasteiger partial charge is 0.463 e. The van der Waals surface area contributed by atoms with E-state index < -0.39 is 0 Å². The molecule has 2 atom stereocenters. The van der Waals surface area contributed by atoms with Gasteiger partial charge in [-0.15, -0.1) is 0 Å². The summed E-state index contributed by atoms with van der Waals surface area (Å²) in [6.45, 7) is 6.67. The zero-order chi connectivity index (χ0) is 11.1. The predicted molar refractivity (Wildman–Crippen MR) is 57.6 cm³/mol. The summed E-state index contributed by atoms with van der Waals surface area (Å²) < 4.78 is 10.6. The van der Waals surface area contributed by atoms with Crippen molar-refractivity contribution in [2.24, 2.45) is 5.92 Å². The van der Waals surface area contributed by atoms with E-state index in [9.17, 15) is 4.79 Å². The molecule has 0 radical (unpaired) electrons. The number of hydrogen-bond donors (Lipinski definition) is 1. The topological polar surface area (TPSA) is 47.6 Å². The molecule has 0 spiro atoms. The molecule has 1 rings (SSSR count). The smallest absolute Gasteiger partial charge is 0.310 e. The molecule has 1 fully saturated rings. The summed E-state index contributed by atoms with van der Waals surface area (Å²) in [5.74, 6) is -0.210. The molecule has 1 aliphatic rings. The van der Waals surface area contributed by atoms with Crippen LogP contribution >= 0.6 is 0 Å². The predicted octanol–water partition coefficient (Wildman–Crippen LogP) is 0.954. The Kier molecular flexibility index (Phi) is 5.65. The zero-order valence-corrected chi connectivity index (χ0v) is 9.62. The first-order chi connectivity index (χ1) is 7.24. The molecule has 0 bridgehead atoms. The van der Waals surface area contributed by atoms with Crippen molar-refractivity contribution in [1.29, 1.82) is 0 Å². The number of nitrogens with one attached hydrogen (secondary N) is 1. The first kappa shape index (κ1) is 12.5. The number of rotatable bonds is 6. The van der Waals surface area contributed by atoms with E-state index in [4.69, 9.17) is 9.47 Å². The molecule has 0 aromatic carbocycles. The van der Waals surface area contributed by atoms with Crippen molar-refractivity contribution in [3.63, 3.8) is 0 Å². The Morgan fingerprint density at radius 3 is 3.07 bits per heavy atom. The van der Waals surface area contributed by atoms with Gasteiger partial charge in [0.1, 0.15) is 6.61 Å². The van der Waals surface area contributed by atoms with Crippen LogP contribution in [-0.4, -0.2) is 38.4 Å². The summed E-state index contributed by atoms with van der Waals surface area (Å²) in [7, 11) is 0. The average molecular weight is 215 g/mol. The lowest BCUT2D eigenvalue weighted by molar-refractivity contribution is -0.151. The minimum atomic E-state index is -0.133. The average Bonchev–Trinajstić information content (AvgIpc) is 2.75. The van der Waals surface area contributed by atoms with Gasteiger partial charge in [-0.3, -0.25) is 4.79 Å². The van der Waals surface area contributed by atoms with Crippen LogP contribution in [-0.2, 0) is 14.3 Å². The molecule has 15 heavy (non-hydrogen) atoms. The van der Waals surface area contributed by atoms with E-state index in [1.54, 1.807) is 0 Å². The highest BCUT2D eigenvalue weighted by Crippen LogP contribution is 2.12. The fraction of sp³-hybridized carbons (Fsp3) is 0.909. The van der Waals surface area contributed by atoms with E-state index in [1.165, 1.54) is 0 Å². The van der Waals surface area contributed by atoms with Crippen LogP contribution in [0.3, 0.4) is 0 Å². The van der Waals surface area contributed by atoms with Crippen molar-refractivity contribution in [2.45, 2.75) is 32.8 Å². The van der Waals surface area contributed by atoms with Gasteiger partial charge in [-0.25, -0.2) is 0 Å². The van der Waals surface area contributed by atoms with Gasteiger partial charge < -0.3 is 14.8 Å². The third kappa shape index (κ3) is 4.62. The maximum atomic E-state index is 11.5. The molecule has 2 unspecified atom stereocenters. The molecular formula is C11H21NO3. The first-order valence-corrected chi connectivity index (χ1v) is 5.73. The van der Waals surface area contributed by atoms with Crippen molar-refractivity contribution in [1.82, 2.24) is 5.32 Å². The third-order valence-electron chi connectivity index (χ3n) is 2.54. The fourth-order valence-electron chi connectivity index (χ4n) is 1.54. The van der Waals surface area contributed by atoms with Gasteiger partial charge in [0.05, 0.1) is 12.0 Å². The zero-order valence-electron chi connectivity index (χ0n) is 9.62. The first-order valence-electron chi connectivity index (χ1n) is 5.73. The van der Waals surface area contributed by atoms with Crippen LogP contribution in [0.25, 0.3) is 0 Å². The monoisotopic (exact) mass is 215 g/mol. The Labute approximate surface area is 91.3 Å². The molecule has 1 N–H and O–H groups in total. The van der Waals surface area contributed by atoms with Crippen LogP contribution < -0.4 is 5.32 Å². The van der Waals surface area contributed by atoms with E-state index >= 15 is 0 Å². The van der Waals surface area contributed by atoms with Crippen molar-refractivity contribution < 1.29 is 14.3 Å². The standard InChI is InChI=1S/C11H21NO3/c1-3-12-7-9(2)11(13)15-8-10-5-4-6-14-10/h9-10,12H,3-8H2,1-2H3. The number of hydrogen-bond acceptors (Lipinski definition) is 4. The van der Waals surface area contributed by atoms with Crippen LogP contribution in [0.1, 0.15) is 26.7 Å². The summed E-state index contributed by atoms with van der Waals surface area (Å²) in [4.78, 5) is 11.5. The lowest BCUT2D eigenvalue weighted by Gasteiger charge is -2.14. The second-order valence-electron chi connectivity index (χ2n) is 3.97. The van der Waals surface area contributed by atoms with Gasteiger partial charge in [0.15, 0.2) is 0 Å². The van der Waals surface area contributed by atoms with Crippen molar-refractivity contribution in [3.05, 3.63) is 0 Å². The van der Waals surface area contributed by atoms with Crippen molar-refractivity contribution >= 4 is 5.97 Å². The van der Waals surface area contributed by atoms with E-state index in [0.717, 1.165) is 26.0 Å². The minimum absolute atomic E-state index is 0.0775. The molecule has 1 aliphatic heterocycles. The molecule has 0 aromatic heterocycles. The summed E-state index contributed by atoms with van der Waals surface area (Å²) in [6.07, 6.45) is 2.21. The molecule has 88 valence electrons. The fourth-order valence-corrected chi connectivity index (χ4v) is 1.54. The van der Waals surface area contributed by atoms with Gasteiger partial charge >= 0.3 is 5.97 Å². The van der Waals surface area contributed by atoms with Gasteiger partial charge in [-0.05, 0) is 19.4 Å². The van der Waals surface area contributed by atoms with Crippen LogP contribution in [0.15, 0.2) is 0 Å². The van der Waals surface area contributed by atoms with Gasteiger partial charge in [0.25, 0.3) is 0 Å². The summed E-state index contributed by atoms with van der Waals surface area (Å²) in [5.41, 5.74) is 0. The van der Waals surface area contributed by atoms with Crippen molar-refractivity contribution in [3.8, 4) is 0 Å². The molecule has 0 amide bonds. The number of carbonyl (C=O) groups is 1. The van der Waals surface area contributed by atoms with Gasteiger partial charge in [0.2, 0.25) is 0 Å². The van der Waals surface area contributed by atoms with Crippen LogP contribution in [0, 0.1) is 5.92 Å². The quantitative estimate of drug-likeness (QED) is 0.670. The second-order valence-corrected chi connectivity index (χ2v) is 3.97. The number of esters is 1. The normalized spacial score (nSPS) is 22.7. The van der Waals surface area contributed by atoms with Crippen LogP contribution in [0.4, 0.5) is 0 Å². The van der Waals surface area contributed by atoms with Gasteiger partial charge in [-0.1, -0.05) is 13.8 Å². The van der Waals surface area contributed by atoms with Crippen molar-refractivity contribution in [2.75, 3.05) is 26.3 Å². The molecule has 4 heteroatoms. The molecule has 0 saturated carbocycles. The molecular weight excluding hydrogens is 194 g/mol. The Morgan fingerprint density at radius 2 is 2.47 bits per heavy atom. The molecule has 1 heterocycles. The summed E-state index contributed by atoms with van der Waals surface area (Å²) in [6, 6.07) is 0. The second kappa shape index (κ2) is 6.80. The van der Waals surface area contributed by atoms with Gasteiger partial charge in [0, 0.05) is 13.2 Å². The van der Waals surface area contributed by atoms with Gasteiger partial charge in [-0.2, -0.15) is 0 Å². The van der Waals surface area contributed by atoms with E-state index in [1.807, 2.05) is 13.8 Å². The lowest BCUT2D eigenvalue weighted by Crippen LogP contribution is -2.29. The highest BCUT2D eigenvalue weighted by atomic mass is 16.6. The SMILES string of the molecule is CCNCC(C)C(=O)OCC1CCCO1. The molecule has 4 nitrogen and oxygen atoms in total. The lowest BCUT2D eigenvalue weighted by atomic mass is 10.2. The molecule has 0 aromatic rings. The van der Waals surface area contributed by atoms with E-state index in [-0.39, 0.29) is 18.0 Å². The van der Waals surface area contributed by atoms with E-state index in [2.05, 4.69) is 5.32 Å². The summed E-state index contributed by atoms with van der Waals surface area (Å²) in [5, 5.41) is 3.12. The van der Waals surface area contributed by atoms with Crippen LogP contribution in [0.5, 0.6) is 0 Å². The molecule has 0 aliphatic carbocycles. The van der Waals surface area contributed by atoms with E-state index in [0.29, 0.717) is 13.2 Å². The Morgan fingerprint density at radius 1 is 1.67 bits per heavy atom. The highest BCUT2D eigenvalue weighted by Gasteiger charge is 2.19.